The van der Waals surface area contributed by atoms with Crippen molar-refractivity contribution in [2.24, 2.45) is 0 Å². The zero-order chi connectivity index (χ0) is 24.0. The molecule has 1 unspecified atom stereocenters. The molecule has 2 heterocycles. The van der Waals surface area contributed by atoms with E-state index in [4.69, 9.17) is 9.15 Å². The van der Waals surface area contributed by atoms with Crippen LogP contribution in [0.15, 0.2) is 52.5 Å². The number of methoxy groups -OCH3 is 1. The molecule has 8 heteroatoms. The fourth-order valence-electron chi connectivity index (χ4n) is 4.04. The predicted molar refractivity (Wildman–Crippen MR) is 117 cm³/mol. The molecule has 1 aliphatic heterocycles. The van der Waals surface area contributed by atoms with E-state index in [1.807, 2.05) is 0 Å². The summed E-state index contributed by atoms with van der Waals surface area (Å²) in [5.41, 5.74) is 1.06. The number of hydrogen-bond acceptors (Lipinski definition) is 5. The predicted octanol–water partition coefficient (Wildman–Crippen LogP) is 5.12. The van der Waals surface area contributed by atoms with Crippen molar-refractivity contribution in [3.05, 3.63) is 87.9 Å². The van der Waals surface area contributed by atoms with E-state index < -0.39 is 35.1 Å². The summed E-state index contributed by atoms with van der Waals surface area (Å²) in [6, 6.07) is 7.93. The molecule has 6 nitrogen and oxygen atoms in total. The Bertz CT molecular complexity index is 1320. The average molecular weight is 453 g/mol. The molecule has 1 fully saturated rings. The Morgan fingerprint density at radius 2 is 1.76 bits per heavy atom. The van der Waals surface area contributed by atoms with Crippen LogP contribution in [-0.4, -0.2) is 23.9 Å². The maximum absolute atomic E-state index is 14.7. The number of anilines is 1. The maximum Gasteiger partial charge on any atom is 0.300 e. The number of ether oxygens (including phenoxy) is 1. The number of halogens is 2. The van der Waals surface area contributed by atoms with Crippen LogP contribution in [0.25, 0.3) is 5.76 Å². The number of carbonyl (C=O) groups excluding carboxylic acids is 2. The normalized spacial score (nSPS) is 17.6. The molecular formula is C25H21F2NO5. The van der Waals surface area contributed by atoms with Crippen molar-refractivity contribution in [1.82, 2.24) is 0 Å². The number of aryl methyl sites for hydroxylation is 3. The summed E-state index contributed by atoms with van der Waals surface area (Å²) >= 11 is 0. The minimum Gasteiger partial charge on any atom is -0.507 e. The Kier molecular flexibility index (Phi) is 5.53. The van der Waals surface area contributed by atoms with E-state index >= 15 is 0 Å². The van der Waals surface area contributed by atoms with Gasteiger partial charge in [-0.2, -0.15) is 0 Å². The third-order valence-electron chi connectivity index (χ3n) is 5.64. The molecule has 0 aliphatic carbocycles. The number of aliphatic hydroxyl groups excluding tert-OH is 1. The van der Waals surface area contributed by atoms with Crippen LogP contribution < -0.4 is 9.64 Å². The molecule has 3 aromatic rings. The molecule has 33 heavy (non-hydrogen) atoms. The lowest BCUT2D eigenvalue weighted by atomic mass is 9.95. The van der Waals surface area contributed by atoms with E-state index in [0.29, 0.717) is 34.3 Å². The maximum atomic E-state index is 14.7. The molecule has 4 rings (SSSR count). The zero-order valence-corrected chi connectivity index (χ0v) is 18.4. The van der Waals surface area contributed by atoms with Gasteiger partial charge in [0, 0.05) is 11.6 Å². The van der Waals surface area contributed by atoms with Crippen LogP contribution in [0.1, 0.15) is 34.3 Å². The highest BCUT2D eigenvalue weighted by Crippen LogP contribution is 2.44. The van der Waals surface area contributed by atoms with Gasteiger partial charge in [-0.15, -0.1) is 0 Å². The first-order chi connectivity index (χ1) is 15.6. The van der Waals surface area contributed by atoms with Crippen LogP contribution in [0.3, 0.4) is 0 Å². The second kappa shape index (κ2) is 8.20. The summed E-state index contributed by atoms with van der Waals surface area (Å²) in [5, 5.41) is 11.2. The minimum absolute atomic E-state index is 0.153. The number of hydrogen-bond donors (Lipinski definition) is 1. The third-order valence-corrected chi connectivity index (χ3v) is 5.64. The molecule has 0 spiro atoms. The molecular weight excluding hydrogens is 432 g/mol. The zero-order valence-electron chi connectivity index (χ0n) is 18.4. The van der Waals surface area contributed by atoms with Crippen LogP contribution in [0, 0.1) is 32.4 Å². The standard InChI is InChI=1S/C25H21F2NO5/c1-12-10-20(32-4)13(2)9-16(12)23(29)21-22(19-8-5-14(3)33-19)28(25(31)24(21)30)18-7-6-15(26)11-17(18)27/h5-11,22,29H,1-4H3/b23-21+. The molecule has 0 bridgehead atoms. The van der Waals surface area contributed by atoms with E-state index in [9.17, 15) is 23.5 Å². The monoisotopic (exact) mass is 453 g/mol. The van der Waals surface area contributed by atoms with Crippen LogP contribution in [-0.2, 0) is 9.59 Å². The van der Waals surface area contributed by atoms with Gasteiger partial charge in [0.05, 0.1) is 18.4 Å². The van der Waals surface area contributed by atoms with Gasteiger partial charge in [0.2, 0.25) is 0 Å². The lowest BCUT2D eigenvalue weighted by Gasteiger charge is -2.24. The molecule has 170 valence electrons. The summed E-state index contributed by atoms with van der Waals surface area (Å²) < 4.78 is 39.2. The van der Waals surface area contributed by atoms with E-state index in [2.05, 4.69) is 0 Å². The van der Waals surface area contributed by atoms with Crippen LogP contribution in [0.4, 0.5) is 14.5 Å². The van der Waals surface area contributed by atoms with Gasteiger partial charge < -0.3 is 14.3 Å². The van der Waals surface area contributed by atoms with Crippen molar-refractivity contribution in [2.75, 3.05) is 12.0 Å². The van der Waals surface area contributed by atoms with E-state index in [1.54, 1.807) is 45.0 Å². The topological polar surface area (TPSA) is 80.0 Å². The van der Waals surface area contributed by atoms with Crippen molar-refractivity contribution in [3.63, 3.8) is 0 Å². The molecule has 0 radical (unpaired) electrons. The van der Waals surface area contributed by atoms with Crippen molar-refractivity contribution < 1.29 is 32.6 Å². The molecule has 1 amide bonds. The largest absolute Gasteiger partial charge is 0.507 e. The number of ketones is 1. The van der Waals surface area contributed by atoms with Gasteiger partial charge in [-0.3, -0.25) is 14.5 Å². The second-order valence-electron chi connectivity index (χ2n) is 7.85. The first-order valence-corrected chi connectivity index (χ1v) is 10.1. The summed E-state index contributed by atoms with van der Waals surface area (Å²) in [7, 11) is 1.52. The van der Waals surface area contributed by atoms with E-state index in [1.165, 1.54) is 7.11 Å². The third kappa shape index (κ3) is 3.67. The molecule has 1 aliphatic rings. The Hall–Kier alpha value is -3.94. The fourth-order valence-corrected chi connectivity index (χ4v) is 4.04. The van der Waals surface area contributed by atoms with Gasteiger partial charge in [0.15, 0.2) is 0 Å². The van der Waals surface area contributed by atoms with Gasteiger partial charge in [-0.1, -0.05) is 0 Å². The van der Waals surface area contributed by atoms with Crippen LogP contribution in [0.2, 0.25) is 0 Å². The average Bonchev–Trinajstić information content (AvgIpc) is 3.30. The number of carbonyl (C=O) groups is 2. The first-order valence-electron chi connectivity index (χ1n) is 10.1. The molecule has 1 saturated heterocycles. The Labute approximate surface area is 188 Å². The SMILES string of the molecule is COc1cc(C)c(/C(O)=C2\C(=O)C(=O)N(c3ccc(F)cc3F)C2c2ccc(C)o2)cc1C. The molecule has 2 aromatic carbocycles. The summed E-state index contributed by atoms with van der Waals surface area (Å²) in [4.78, 5) is 27.0. The molecule has 1 N–H and O–H groups in total. The van der Waals surface area contributed by atoms with Crippen molar-refractivity contribution in [1.29, 1.82) is 0 Å². The second-order valence-corrected chi connectivity index (χ2v) is 7.85. The highest BCUT2D eigenvalue weighted by Gasteiger charge is 2.49. The summed E-state index contributed by atoms with van der Waals surface area (Å²) in [5.74, 6) is -3.13. The number of furan rings is 1. The molecule has 1 aromatic heterocycles. The number of rotatable bonds is 4. The van der Waals surface area contributed by atoms with Crippen LogP contribution >= 0.6 is 0 Å². The number of Topliss-reactive ketones (excluding diaryl/α,β-unsaturated/α-hetero) is 1. The smallest absolute Gasteiger partial charge is 0.300 e. The lowest BCUT2D eigenvalue weighted by Crippen LogP contribution is -2.30. The number of benzene rings is 2. The number of nitrogens with zero attached hydrogens (tertiary/aromatic N) is 1. The number of amides is 1. The fraction of sp³-hybridized carbons (Fsp3) is 0.200. The van der Waals surface area contributed by atoms with Gasteiger partial charge in [0.1, 0.15) is 40.7 Å². The van der Waals surface area contributed by atoms with Crippen molar-refractivity contribution in [3.8, 4) is 5.75 Å². The van der Waals surface area contributed by atoms with E-state index in [-0.39, 0.29) is 17.0 Å². The quantitative estimate of drug-likeness (QED) is 0.337. The van der Waals surface area contributed by atoms with Gasteiger partial charge in [-0.05, 0) is 68.3 Å². The number of aliphatic hydroxyl groups is 1. The minimum atomic E-state index is -1.25. The lowest BCUT2D eigenvalue weighted by molar-refractivity contribution is -0.132. The Morgan fingerprint density at radius 3 is 2.36 bits per heavy atom. The molecule has 0 saturated carbocycles. The highest BCUT2D eigenvalue weighted by atomic mass is 19.1. The van der Waals surface area contributed by atoms with Gasteiger partial charge in [-0.25, -0.2) is 8.78 Å². The van der Waals surface area contributed by atoms with Crippen molar-refractivity contribution >= 4 is 23.1 Å². The Balaban J connectivity index is 1.98. The van der Waals surface area contributed by atoms with Gasteiger partial charge in [0.25, 0.3) is 11.7 Å². The summed E-state index contributed by atoms with van der Waals surface area (Å²) in [6.45, 7) is 5.17. The Morgan fingerprint density at radius 1 is 1.03 bits per heavy atom. The highest BCUT2D eigenvalue weighted by molar-refractivity contribution is 6.51. The van der Waals surface area contributed by atoms with Gasteiger partial charge >= 0.3 is 0 Å². The molecule has 1 atom stereocenters. The van der Waals surface area contributed by atoms with E-state index in [0.717, 1.165) is 17.0 Å². The first kappa shape index (κ1) is 22.3. The summed E-state index contributed by atoms with van der Waals surface area (Å²) in [6.07, 6.45) is 0. The van der Waals surface area contributed by atoms with Crippen molar-refractivity contribution in [2.45, 2.75) is 26.8 Å². The van der Waals surface area contributed by atoms with Crippen LogP contribution in [0.5, 0.6) is 5.75 Å².